The fourth-order valence-electron chi connectivity index (χ4n) is 3.45. The first-order chi connectivity index (χ1) is 15.5. The van der Waals surface area contributed by atoms with Crippen LogP contribution >= 0.6 is 11.8 Å². The number of guanidine groups is 1. The van der Waals surface area contributed by atoms with E-state index in [0.717, 1.165) is 11.8 Å². The number of nitro groups is 1. The Morgan fingerprint density at radius 1 is 1.39 bits per heavy atom. The summed E-state index contributed by atoms with van der Waals surface area (Å²) >= 11 is 1.06. The van der Waals surface area contributed by atoms with Crippen molar-refractivity contribution in [3.63, 3.8) is 0 Å². The van der Waals surface area contributed by atoms with Gasteiger partial charge in [-0.3, -0.25) is 20.2 Å². The Kier molecular flexibility index (Phi) is 7.41. The molecule has 0 bridgehead atoms. The molecule has 12 nitrogen and oxygen atoms in total. The van der Waals surface area contributed by atoms with Crippen LogP contribution in [0.25, 0.3) is 0 Å². The van der Waals surface area contributed by atoms with Crippen molar-refractivity contribution in [2.45, 2.75) is 45.3 Å². The number of ether oxygens (including phenoxy) is 1. The first-order valence-electron chi connectivity index (χ1n) is 10.4. The van der Waals surface area contributed by atoms with Gasteiger partial charge in [0.2, 0.25) is 0 Å². The number of amides is 2. The maximum atomic E-state index is 11.8. The largest absolute Gasteiger partial charge is 0.444 e. The number of alkyl carbamates (subject to hydrolysis) is 1. The summed E-state index contributed by atoms with van der Waals surface area (Å²) in [6.45, 7) is 6.34. The van der Waals surface area contributed by atoms with Crippen LogP contribution in [-0.2, 0) is 4.74 Å². The third kappa shape index (κ3) is 6.81. The van der Waals surface area contributed by atoms with E-state index in [1.807, 2.05) is 4.90 Å². The molecule has 2 aliphatic rings. The molecule has 0 radical (unpaired) electrons. The Morgan fingerprint density at radius 2 is 2.09 bits per heavy atom. The van der Waals surface area contributed by atoms with Crippen LogP contribution < -0.4 is 21.4 Å². The smallest absolute Gasteiger partial charge is 0.414 e. The number of hydrogen-bond acceptors (Lipinski definition) is 9. The van der Waals surface area contributed by atoms with Crippen LogP contribution in [0.2, 0.25) is 0 Å². The molecule has 0 aliphatic carbocycles. The van der Waals surface area contributed by atoms with E-state index in [0.29, 0.717) is 48.6 Å². The summed E-state index contributed by atoms with van der Waals surface area (Å²) in [4.78, 5) is 40.7. The molecular formula is C20H27N7O5S. The van der Waals surface area contributed by atoms with E-state index in [9.17, 15) is 19.7 Å². The van der Waals surface area contributed by atoms with Crippen LogP contribution in [0.1, 0.15) is 39.2 Å². The van der Waals surface area contributed by atoms with Gasteiger partial charge in [-0.2, -0.15) is 5.10 Å². The van der Waals surface area contributed by atoms with Gasteiger partial charge in [-0.1, -0.05) is 17.8 Å². The number of carbonyl (C=O) groups is 2. The van der Waals surface area contributed by atoms with Gasteiger partial charge in [0.05, 0.1) is 16.7 Å². The Morgan fingerprint density at radius 3 is 2.67 bits per heavy atom. The zero-order valence-electron chi connectivity index (χ0n) is 18.7. The molecule has 4 N–H and O–H groups in total. The van der Waals surface area contributed by atoms with Gasteiger partial charge in [-0.25, -0.2) is 15.2 Å². The number of nitrogens with two attached hydrogens (primary N) is 1. The number of hydrogen-bond donors (Lipinski definition) is 3. The third-order valence-corrected chi connectivity index (χ3v) is 5.65. The van der Waals surface area contributed by atoms with E-state index >= 15 is 0 Å². The van der Waals surface area contributed by atoms with E-state index in [1.165, 1.54) is 6.07 Å². The van der Waals surface area contributed by atoms with E-state index in [4.69, 9.17) is 10.5 Å². The molecule has 2 aliphatic heterocycles. The second-order valence-corrected chi connectivity index (χ2v) is 9.51. The molecule has 2 amide bonds. The maximum Gasteiger partial charge on any atom is 0.414 e. The number of hydrazone groups is 1. The van der Waals surface area contributed by atoms with Gasteiger partial charge in [0.15, 0.2) is 5.96 Å². The van der Waals surface area contributed by atoms with Crippen LogP contribution in [0, 0.1) is 10.1 Å². The third-order valence-electron chi connectivity index (χ3n) is 4.88. The molecule has 1 fully saturated rings. The number of rotatable bonds is 4. The predicted octanol–water partition coefficient (Wildman–Crippen LogP) is 2.56. The number of carbonyl (C=O) groups excluding carboxylic acids is 2. The van der Waals surface area contributed by atoms with E-state index < -0.39 is 16.6 Å². The molecule has 0 unspecified atom stereocenters. The molecular weight excluding hydrogens is 450 g/mol. The van der Waals surface area contributed by atoms with Gasteiger partial charge in [0.1, 0.15) is 11.3 Å². The number of nitro benzene ring substituents is 1. The number of nitrogens with zero attached hydrogens (tertiary/aromatic N) is 4. The van der Waals surface area contributed by atoms with Crippen LogP contribution in [0.5, 0.6) is 0 Å². The van der Waals surface area contributed by atoms with E-state index in [2.05, 4.69) is 20.8 Å². The molecule has 1 saturated heterocycles. The lowest BCUT2D eigenvalue weighted by molar-refractivity contribution is -0.384. The normalized spacial score (nSPS) is 17.8. The Bertz CT molecular complexity index is 997. The molecule has 13 heteroatoms. The second kappa shape index (κ2) is 10.1. The van der Waals surface area contributed by atoms with Crippen LogP contribution in [-0.4, -0.2) is 58.4 Å². The number of benzene rings is 1. The number of nitrogens with one attached hydrogen (secondary N) is 2. The maximum absolute atomic E-state index is 11.8. The zero-order valence-corrected chi connectivity index (χ0v) is 19.5. The Hall–Kier alpha value is -3.35. The predicted molar refractivity (Wildman–Crippen MR) is 127 cm³/mol. The topological polar surface area (TPSA) is 165 Å². The second-order valence-electron chi connectivity index (χ2n) is 8.57. The van der Waals surface area contributed by atoms with Gasteiger partial charge in [0.25, 0.3) is 10.9 Å². The van der Waals surface area contributed by atoms with E-state index in [1.54, 1.807) is 32.9 Å². The summed E-state index contributed by atoms with van der Waals surface area (Å²) in [6, 6.07) is 4.84. The molecule has 0 saturated carbocycles. The summed E-state index contributed by atoms with van der Waals surface area (Å²) in [5.74, 6) is 0.334. The van der Waals surface area contributed by atoms with Crippen molar-refractivity contribution in [2.24, 2.45) is 15.8 Å². The van der Waals surface area contributed by atoms with Gasteiger partial charge in [0, 0.05) is 30.5 Å². The minimum absolute atomic E-state index is 0.0174. The minimum atomic E-state index is -0.669. The van der Waals surface area contributed by atoms with Crippen molar-refractivity contribution in [2.75, 3.05) is 23.7 Å². The molecule has 178 valence electrons. The lowest BCUT2D eigenvalue weighted by Crippen LogP contribution is -2.42. The van der Waals surface area contributed by atoms with Crippen LogP contribution in [0.15, 0.2) is 28.3 Å². The molecule has 33 heavy (non-hydrogen) atoms. The average Bonchev–Trinajstić information content (AvgIpc) is 2.73. The van der Waals surface area contributed by atoms with Crippen LogP contribution in [0.4, 0.5) is 21.0 Å². The first kappa shape index (κ1) is 24.3. The number of aliphatic imine (C=N–C) groups is 1. The van der Waals surface area contributed by atoms with Crippen molar-refractivity contribution in [3.8, 4) is 0 Å². The standard InChI is InChI=1S/C20H27N7O5S/c1-20(2,3)32-18(28)23-17(21)22-13-6-8-26(9-7-13)15-5-4-12(10-16(15)27(30)31)14-11-33-19(29)25-24-14/h4-5,10,13H,6-9,11H2,1-3H3,(H,25,29)(H3,21,22,23,28). The molecule has 0 spiro atoms. The molecule has 1 aromatic carbocycles. The van der Waals surface area contributed by atoms with Crippen molar-refractivity contribution in [3.05, 3.63) is 33.9 Å². The zero-order chi connectivity index (χ0) is 24.2. The first-order valence-corrected chi connectivity index (χ1v) is 11.4. The van der Waals surface area contributed by atoms with Crippen molar-refractivity contribution < 1.29 is 19.2 Å². The Labute approximate surface area is 195 Å². The fourth-order valence-corrected chi connectivity index (χ4v) is 4.06. The minimum Gasteiger partial charge on any atom is -0.444 e. The highest BCUT2D eigenvalue weighted by Gasteiger charge is 2.27. The summed E-state index contributed by atoms with van der Waals surface area (Å²) in [6.07, 6.45) is 0.563. The number of piperidine rings is 1. The summed E-state index contributed by atoms with van der Waals surface area (Å²) < 4.78 is 5.15. The van der Waals surface area contributed by atoms with Gasteiger partial charge >= 0.3 is 6.09 Å². The summed E-state index contributed by atoms with van der Waals surface area (Å²) in [5, 5.41) is 17.9. The SMILES string of the molecule is CC(C)(C)OC(=O)NC(N)=NC1CCN(c2ccc(C3=NNC(=O)SC3)cc2[N+](=O)[O-])CC1. The van der Waals surface area contributed by atoms with E-state index in [-0.39, 0.29) is 22.9 Å². The summed E-state index contributed by atoms with van der Waals surface area (Å²) in [7, 11) is 0. The highest BCUT2D eigenvalue weighted by atomic mass is 32.2. The summed E-state index contributed by atoms with van der Waals surface area (Å²) in [5.41, 5.74) is 9.22. The van der Waals surface area contributed by atoms with Gasteiger partial charge in [-0.05, 0) is 39.7 Å². The lowest BCUT2D eigenvalue weighted by Gasteiger charge is -2.32. The Balaban J connectivity index is 1.64. The average molecular weight is 478 g/mol. The van der Waals surface area contributed by atoms with Crippen molar-refractivity contribution >= 4 is 46.1 Å². The highest BCUT2D eigenvalue weighted by Crippen LogP contribution is 2.32. The molecule has 3 rings (SSSR count). The fraction of sp³-hybridized carbons (Fsp3) is 0.500. The van der Waals surface area contributed by atoms with Gasteiger partial charge in [-0.15, -0.1) is 0 Å². The monoisotopic (exact) mass is 477 g/mol. The molecule has 0 aromatic heterocycles. The quantitative estimate of drug-likeness (QED) is 0.258. The van der Waals surface area contributed by atoms with Crippen molar-refractivity contribution in [1.82, 2.24) is 10.7 Å². The number of anilines is 1. The number of thioether (sulfide) groups is 1. The molecule has 1 aromatic rings. The molecule has 2 heterocycles. The lowest BCUT2D eigenvalue weighted by atomic mass is 10.0. The van der Waals surface area contributed by atoms with Gasteiger partial charge < -0.3 is 15.4 Å². The highest BCUT2D eigenvalue weighted by molar-refractivity contribution is 8.14. The van der Waals surface area contributed by atoms with Crippen LogP contribution in [0.3, 0.4) is 0 Å². The molecule has 0 atom stereocenters. The van der Waals surface area contributed by atoms with Crippen molar-refractivity contribution in [1.29, 1.82) is 0 Å².